The number of fused-ring (bicyclic) bond motifs is 1. The van der Waals surface area contributed by atoms with Gasteiger partial charge in [0.25, 0.3) is 5.56 Å². The predicted molar refractivity (Wildman–Crippen MR) is 76.3 cm³/mol. The summed E-state index contributed by atoms with van der Waals surface area (Å²) >= 11 is 0. The highest BCUT2D eigenvalue weighted by Crippen LogP contribution is 2.30. The van der Waals surface area contributed by atoms with Crippen molar-refractivity contribution in [3.05, 3.63) is 68.0 Å². The van der Waals surface area contributed by atoms with Gasteiger partial charge in [0.05, 0.1) is 12.7 Å². The maximum Gasteiger partial charge on any atom is 0.330 e. The van der Waals surface area contributed by atoms with E-state index in [2.05, 4.69) is 4.98 Å². The molecule has 2 atom stereocenters. The molecule has 1 aromatic heterocycles. The van der Waals surface area contributed by atoms with Crippen molar-refractivity contribution in [2.75, 3.05) is 6.61 Å². The van der Waals surface area contributed by atoms with E-state index >= 15 is 0 Å². The number of H-pyrrole nitrogens is 1. The van der Waals surface area contributed by atoms with Gasteiger partial charge in [0.15, 0.2) is 6.23 Å². The number of aromatic nitrogens is 2. The van der Waals surface area contributed by atoms with Gasteiger partial charge in [0.1, 0.15) is 0 Å². The fraction of sp³-hybridized carbons (Fsp3) is 0.333. The average Bonchev–Trinajstić information content (AvgIpc) is 2.50. The van der Waals surface area contributed by atoms with Gasteiger partial charge in [0.2, 0.25) is 0 Å². The van der Waals surface area contributed by atoms with E-state index in [0.717, 1.165) is 11.1 Å². The highest BCUT2D eigenvalue weighted by Gasteiger charge is 2.29. The van der Waals surface area contributed by atoms with Crippen molar-refractivity contribution in [1.29, 1.82) is 0 Å². The molecular formula is C15H16N2O4. The van der Waals surface area contributed by atoms with Crippen LogP contribution in [0.4, 0.5) is 0 Å². The van der Waals surface area contributed by atoms with Crippen LogP contribution in [0.5, 0.6) is 0 Å². The third-order valence-corrected chi connectivity index (χ3v) is 3.69. The number of aryl methyl sites for hydroxylation is 1. The van der Waals surface area contributed by atoms with Gasteiger partial charge in [-0.15, -0.1) is 0 Å². The molecule has 1 aliphatic heterocycles. The van der Waals surface area contributed by atoms with Crippen LogP contribution in [0.15, 0.2) is 40.1 Å². The number of aliphatic hydroxyl groups excluding tert-OH is 1. The number of aromatic amines is 1. The molecule has 0 amide bonds. The summed E-state index contributed by atoms with van der Waals surface area (Å²) in [5.41, 5.74) is 1.41. The Labute approximate surface area is 120 Å². The van der Waals surface area contributed by atoms with Crippen LogP contribution in [-0.2, 0) is 11.2 Å². The van der Waals surface area contributed by atoms with E-state index in [0.29, 0.717) is 12.0 Å². The SMILES string of the molecule is Cc1cn([C@H]2O[C@H](CO)Cc3ccccc32)c(=O)[nH]c1=O. The van der Waals surface area contributed by atoms with Gasteiger partial charge in [-0.2, -0.15) is 0 Å². The van der Waals surface area contributed by atoms with E-state index < -0.39 is 17.5 Å². The van der Waals surface area contributed by atoms with Crippen LogP contribution in [0.1, 0.15) is 22.9 Å². The van der Waals surface area contributed by atoms with E-state index in [1.165, 1.54) is 10.8 Å². The van der Waals surface area contributed by atoms with Crippen molar-refractivity contribution in [3.63, 3.8) is 0 Å². The molecule has 2 heterocycles. The summed E-state index contributed by atoms with van der Waals surface area (Å²) in [6.07, 6.45) is 1.07. The molecule has 1 aromatic carbocycles. The standard InChI is InChI=1S/C15H16N2O4/c1-9-7-17(15(20)16-13(9)19)14-12-5-3-2-4-10(12)6-11(8-18)21-14/h2-5,7,11,14,18H,6,8H2,1H3,(H,16,19,20)/t11-,14-/m0/s1. The lowest BCUT2D eigenvalue weighted by molar-refractivity contribution is -0.0660. The normalized spacial score (nSPS) is 21.0. The molecule has 1 aliphatic rings. The predicted octanol–water partition coefficient (Wildman–Crippen LogP) is 0.326. The molecule has 0 spiro atoms. The molecule has 6 heteroatoms. The highest BCUT2D eigenvalue weighted by atomic mass is 16.5. The van der Waals surface area contributed by atoms with Crippen molar-refractivity contribution < 1.29 is 9.84 Å². The van der Waals surface area contributed by atoms with Gasteiger partial charge in [-0.3, -0.25) is 14.3 Å². The Bertz CT molecular complexity index is 778. The lowest BCUT2D eigenvalue weighted by atomic mass is 9.97. The number of ether oxygens (including phenoxy) is 1. The monoisotopic (exact) mass is 288 g/mol. The number of hydrogen-bond donors (Lipinski definition) is 2. The number of hydrogen-bond acceptors (Lipinski definition) is 4. The number of nitrogens with one attached hydrogen (secondary N) is 1. The molecule has 0 saturated heterocycles. The topological polar surface area (TPSA) is 84.3 Å². The Morgan fingerprint density at radius 2 is 2.14 bits per heavy atom. The second-order valence-corrected chi connectivity index (χ2v) is 5.17. The zero-order valence-electron chi connectivity index (χ0n) is 11.6. The first-order valence-corrected chi connectivity index (χ1v) is 6.76. The van der Waals surface area contributed by atoms with Crippen molar-refractivity contribution in [3.8, 4) is 0 Å². The lowest BCUT2D eigenvalue weighted by Gasteiger charge is -2.32. The zero-order chi connectivity index (χ0) is 15.0. The third-order valence-electron chi connectivity index (χ3n) is 3.69. The molecule has 3 rings (SSSR count). The fourth-order valence-electron chi connectivity index (χ4n) is 2.59. The number of nitrogens with zero attached hydrogens (tertiary/aromatic N) is 1. The number of aliphatic hydroxyl groups is 1. The lowest BCUT2D eigenvalue weighted by Crippen LogP contribution is -2.39. The molecule has 21 heavy (non-hydrogen) atoms. The summed E-state index contributed by atoms with van der Waals surface area (Å²) in [4.78, 5) is 25.8. The molecule has 2 aromatic rings. The highest BCUT2D eigenvalue weighted by molar-refractivity contribution is 5.32. The maximum absolute atomic E-state index is 12.1. The van der Waals surface area contributed by atoms with Crippen molar-refractivity contribution in [2.24, 2.45) is 0 Å². The molecule has 0 saturated carbocycles. The zero-order valence-corrected chi connectivity index (χ0v) is 11.6. The maximum atomic E-state index is 12.1. The summed E-state index contributed by atoms with van der Waals surface area (Å²) in [7, 11) is 0. The van der Waals surface area contributed by atoms with E-state index in [9.17, 15) is 14.7 Å². The summed E-state index contributed by atoms with van der Waals surface area (Å²) < 4.78 is 7.17. The van der Waals surface area contributed by atoms with Crippen LogP contribution < -0.4 is 11.2 Å². The van der Waals surface area contributed by atoms with Crippen LogP contribution in [0.25, 0.3) is 0 Å². The van der Waals surface area contributed by atoms with Gasteiger partial charge in [-0.05, 0) is 12.5 Å². The first-order chi connectivity index (χ1) is 10.1. The Morgan fingerprint density at radius 1 is 1.38 bits per heavy atom. The van der Waals surface area contributed by atoms with E-state index in [1.54, 1.807) is 6.92 Å². The molecule has 0 unspecified atom stereocenters. The van der Waals surface area contributed by atoms with Gasteiger partial charge < -0.3 is 9.84 Å². The van der Waals surface area contributed by atoms with Gasteiger partial charge in [-0.1, -0.05) is 24.3 Å². The van der Waals surface area contributed by atoms with Crippen LogP contribution in [0, 0.1) is 6.92 Å². The molecule has 0 aliphatic carbocycles. The second-order valence-electron chi connectivity index (χ2n) is 5.17. The largest absolute Gasteiger partial charge is 0.394 e. The number of benzene rings is 1. The van der Waals surface area contributed by atoms with Crippen LogP contribution >= 0.6 is 0 Å². The summed E-state index contributed by atoms with van der Waals surface area (Å²) in [6, 6.07) is 7.63. The van der Waals surface area contributed by atoms with E-state index in [-0.39, 0.29) is 12.7 Å². The Morgan fingerprint density at radius 3 is 2.90 bits per heavy atom. The summed E-state index contributed by atoms with van der Waals surface area (Å²) in [6.45, 7) is 1.51. The molecule has 0 bridgehead atoms. The molecule has 110 valence electrons. The minimum atomic E-state index is -0.643. The van der Waals surface area contributed by atoms with Crippen LogP contribution in [0.2, 0.25) is 0 Å². The fourth-order valence-corrected chi connectivity index (χ4v) is 2.59. The summed E-state index contributed by atoms with van der Waals surface area (Å²) in [5, 5.41) is 9.38. The minimum Gasteiger partial charge on any atom is -0.394 e. The molecule has 2 N–H and O–H groups in total. The van der Waals surface area contributed by atoms with E-state index in [4.69, 9.17) is 4.74 Å². The molecule has 0 radical (unpaired) electrons. The van der Waals surface area contributed by atoms with Crippen molar-refractivity contribution in [2.45, 2.75) is 25.7 Å². The summed E-state index contributed by atoms with van der Waals surface area (Å²) in [5.74, 6) is 0. The van der Waals surface area contributed by atoms with Crippen LogP contribution in [-0.4, -0.2) is 27.4 Å². The molecular weight excluding hydrogens is 272 g/mol. The van der Waals surface area contributed by atoms with Gasteiger partial charge in [-0.25, -0.2) is 4.79 Å². The first kappa shape index (κ1) is 13.8. The Kier molecular flexibility index (Phi) is 3.48. The molecule has 6 nitrogen and oxygen atoms in total. The Hall–Kier alpha value is -2.18. The third kappa shape index (κ3) is 2.43. The molecule has 0 fully saturated rings. The van der Waals surface area contributed by atoms with Gasteiger partial charge in [0, 0.05) is 23.7 Å². The average molecular weight is 288 g/mol. The Balaban J connectivity index is 2.16. The second kappa shape index (κ2) is 5.31. The smallest absolute Gasteiger partial charge is 0.330 e. The van der Waals surface area contributed by atoms with Crippen LogP contribution in [0.3, 0.4) is 0 Å². The quantitative estimate of drug-likeness (QED) is 0.834. The van der Waals surface area contributed by atoms with Crippen molar-refractivity contribution in [1.82, 2.24) is 9.55 Å². The van der Waals surface area contributed by atoms with Gasteiger partial charge >= 0.3 is 5.69 Å². The number of rotatable bonds is 2. The minimum absolute atomic E-state index is 0.123. The first-order valence-electron chi connectivity index (χ1n) is 6.76. The van der Waals surface area contributed by atoms with E-state index in [1.807, 2.05) is 24.3 Å². The van der Waals surface area contributed by atoms with Crippen molar-refractivity contribution >= 4 is 0 Å².